The molecule has 1 N–H and O–H groups in total. The number of H-pyrrole nitrogens is 1. The van der Waals surface area contributed by atoms with E-state index in [9.17, 15) is 28.8 Å². The van der Waals surface area contributed by atoms with Crippen LogP contribution in [0.1, 0.15) is 62.3 Å². The fraction of sp³-hybridized carbons (Fsp3) is 0.667. The van der Waals surface area contributed by atoms with Gasteiger partial charge in [-0.3, -0.25) is 42.2 Å². The SMILES string of the molecule is CC(C)Cn1cnc2c1c(=O)[nH]c(=O)n2C.CC(C)Cn1cnc2c1c(=O)n(CC1(C)COC1)c(=O)n2C.CC(C)Cn1cnc2c1c(=O)n(CC1(C)COC1)c(=O)n2C.CC1(CCl)COC1. The predicted octanol–water partition coefficient (Wildman–Crippen LogP) is 2.52. The Labute approximate surface area is 391 Å². The van der Waals surface area contributed by atoms with Gasteiger partial charge in [0.25, 0.3) is 16.7 Å². The van der Waals surface area contributed by atoms with Crippen molar-refractivity contribution in [1.29, 1.82) is 0 Å². The smallest absolute Gasteiger partial charge is 0.332 e. The summed E-state index contributed by atoms with van der Waals surface area (Å²) in [6.07, 6.45) is 4.88. The van der Waals surface area contributed by atoms with Crippen LogP contribution in [0.5, 0.6) is 0 Å². The van der Waals surface area contributed by atoms with Gasteiger partial charge in [0.1, 0.15) is 0 Å². The summed E-state index contributed by atoms with van der Waals surface area (Å²) in [7, 11) is 4.91. The predicted molar refractivity (Wildman–Crippen MR) is 256 cm³/mol. The van der Waals surface area contributed by atoms with Crippen LogP contribution in [0.2, 0.25) is 0 Å². The topological polar surface area (TPSA) is 224 Å². The molecule has 0 radical (unpaired) electrons. The third kappa shape index (κ3) is 10.8. The lowest BCUT2D eigenvalue weighted by atomic mass is 9.88. The largest absolute Gasteiger partial charge is 0.380 e. The second-order valence-electron chi connectivity index (χ2n) is 20.7. The number of imidazole rings is 3. The van der Waals surface area contributed by atoms with Crippen molar-refractivity contribution in [2.24, 2.45) is 55.1 Å². The van der Waals surface area contributed by atoms with Gasteiger partial charge in [-0.15, -0.1) is 11.6 Å². The molecular weight excluding hydrogens is 888 g/mol. The van der Waals surface area contributed by atoms with Crippen molar-refractivity contribution in [3.05, 3.63) is 81.5 Å². The Bertz CT molecular complexity index is 2950. The Hall–Kier alpha value is -5.38. The number of nitrogens with one attached hydrogen (secondary N) is 1. The van der Waals surface area contributed by atoms with Gasteiger partial charge in [0.15, 0.2) is 33.5 Å². The van der Waals surface area contributed by atoms with Crippen molar-refractivity contribution in [3.63, 3.8) is 0 Å². The van der Waals surface area contributed by atoms with Gasteiger partial charge >= 0.3 is 17.1 Å². The normalized spacial score (nSPS) is 16.8. The van der Waals surface area contributed by atoms with E-state index in [0.29, 0.717) is 116 Å². The first-order valence-corrected chi connectivity index (χ1v) is 23.2. The molecule has 3 saturated heterocycles. The van der Waals surface area contributed by atoms with Crippen molar-refractivity contribution in [1.82, 2.24) is 56.5 Å². The van der Waals surface area contributed by atoms with Crippen molar-refractivity contribution in [2.75, 3.05) is 45.5 Å². The standard InChI is InChI=1S/2C15H22N4O3.C10H14N4O2.C5H9ClO/c2*1-10(2)5-18-9-16-12-11(18)13(20)19(14(21)17(12)4)6-15(3)7-22-8-15;1-6(2)4-14-5-11-8-7(14)9(15)12-10(16)13(8)3;1-5(2-6)3-7-4-5/h2*9-10H,5-8H2,1-4H3;5-6H,4H2,1-3H3,(H,12,15,16);2-4H2,1H3. The molecule has 0 bridgehead atoms. The number of nitrogens with zero attached hydrogens (tertiary/aromatic N) is 11. The molecule has 3 aliphatic rings. The van der Waals surface area contributed by atoms with Crippen molar-refractivity contribution < 1.29 is 14.2 Å². The average Bonchev–Trinajstić information content (AvgIpc) is 3.97. The van der Waals surface area contributed by atoms with Crippen molar-refractivity contribution in [2.45, 2.75) is 95.0 Å². The Morgan fingerprint density at radius 1 is 0.552 bits per heavy atom. The molecule has 9 rings (SSSR count). The summed E-state index contributed by atoms with van der Waals surface area (Å²) in [4.78, 5) is 88.5. The summed E-state index contributed by atoms with van der Waals surface area (Å²) in [6.45, 7) is 25.5. The highest BCUT2D eigenvalue weighted by Crippen LogP contribution is 2.29. The molecule has 67 heavy (non-hydrogen) atoms. The lowest BCUT2D eigenvalue weighted by Gasteiger charge is -2.38. The van der Waals surface area contributed by atoms with Crippen LogP contribution in [0.3, 0.4) is 0 Å². The third-order valence-electron chi connectivity index (χ3n) is 11.9. The van der Waals surface area contributed by atoms with E-state index in [0.717, 1.165) is 19.1 Å². The van der Waals surface area contributed by atoms with E-state index in [1.807, 2.05) is 23.0 Å². The van der Waals surface area contributed by atoms with Gasteiger partial charge in [-0.05, 0) is 17.8 Å². The monoisotopic (exact) mass is 954 g/mol. The van der Waals surface area contributed by atoms with E-state index < -0.39 is 5.69 Å². The number of rotatable bonds is 11. The minimum Gasteiger partial charge on any atom is -0.380 e. The number of halogens is 1. The number of aromatic nitrogens is 12. The summed E-state index contributed by atoms with van der Waals surface area (Å²) in [5.74, 6) is 1.92. The van der Waals surface area contributed by atoms with Gasteiger partial charge in [0.2, 0.25) is 0 Å². The summed E-state index contributed by atoms with van der Waals surface area (Å²) >= 11 is 5.56. The molecule has 6 aromatic heterocycles. The van der Waals surface area contributed by atoms with Gasteiger partial charge in [0.05, 0.1) is 58.6 Å². The average molecular weight is 956 g/mol. The Balaban J connectivity index is 0.000000156. The van der Waals surface area contributed by atoms with Crippen LogP contribution in [0.15, 0.2) is 47.7 Å². The minimum atomic E-state index is -0.438. The lowest BCUT2D eigenvalue weighted by molar-refractivity contribution is -0.111. The number of hydrogen-bond donors (Lipinski definition) is 1. The van der Waals surface area contributed by atoms with E-state index in [2.05, 4.69) is 68.4 Å². The van der Waals surface area contributed by atoms with Crippen LogP contribution >= 0.6 is 11.6 Å². The molecule has 9 heterocycles. The Morgan fingerprint density at radius 2 is 0.881 bits per heavy atom. The fourth-order valence-electron chi connectivity index (χ4n) is 8.08. The fourth-order valence-corrected chi connectivity index (χ4v) is 8.23. The maximum Gasteiger partial charge on any atom is 0.332 e. The molecule has 6 aromatic rings. The van der Waals surface area contributed by atoms with Crippen LogP contribution < -0.4 is 33.7 Å². The molecule has 0 saturated carbocycles. The molecule has 21 nitrogen and oxygen atoms in total. The summed E-state index contributed by atoms with van der Waals surface area (Å²) in [6, 6.07) is 0. The zero-order valence-electron chi connectivity index (χ0n) is 40.9. The number of hydrogen-bond acceptors (Lipinski definition) is 12. The molecular formula is C45H67ClN12O9. The highest BCUT2D eigenvalue weighted by molar-refractivity contribution is 6.18. The van der Waals surface area contributed by atoms with Gasteiger partial charge in [-0.25, -0.2) is 29.3 Å². The number of aryl methyl sites for hydroxylation is 3. The van der Waals surface area contributed by atoms with Gasteiger partial charge in [0, 0.05) is 76.0 Å². The quantitative estimate of drug-likeness (QED) is 0.185. The molecule has 0 atom stereocenters. The Kier molecular flexibility index (Phi) is 15.3. The molecule has 3 fully saturated rings. The van der Waals surface area contributed by atoms with Gasteiger partial charge in [-0.2, -0.15) is 0 Å². The Morgan fingerprint density at radius 3 is 1.16 bits per heavy atom. The zero-order valence-corrected chi connectivity index (χ0v) is 41.7. The second-order valence-corrected chi connectivity index (χ2v) is 21.0. The molecule has 0 amide bonds. The molecule has 0 aromatic carbocycles. The van der Waals surface area contributed by atoms with Crippen molar-refractivity contribution >= 4 is 45.1 Å². The lowest BCUT2D eigenvalue weighted by Crippen LogP contribution is -2.50. The number of ether oxygens (including phenoxy) is 3. The van der Waals surface area contributed by atoms with Crippen LogP contribution in [0.4, 0.5) is 0 Å². The van der Waals surface area contributed by atoms with Gasteiger partial charge in [-0.1, -0.05) is 62.3 Å². The van der Waals surface area contributed by atoms with Crippen LogP contribution in [-0.4, -0.2) is 102 Å². The maximum atomic E-state index is 12.8. The highest BCUT2D eigenvalue weighted by Gasteiger charge is 2.37. The second kappa shape index (κ2) is 20.1. The van der Waals surface area contributed by atoms with E-state index in [1.165, 1.54) is 22.8 Å². The summed E-state index contributed by atoms with van der Waals surface area (Å²) < 4.78 is 27.8. The zero-order chi connectivity index (χ0) is 49.3. The number of aromatic amines is 1. The molecule has 368 valence electrons. The van der Waals surface area contributed by atoms with Crippen LogP contribution in [0.25, 0.3) is 33.5 Å². The maximum absolute atomic E-state index is 12.8. The highest BCUT2D eigenvalue weighted by atomic mass is 35.5. The van der Waals surface area contributed by atoms with Crippen molar-refractivity contribution in [3.8, 4) is 0 Å². The molecule has 0 spiro atoms. The first-order chi connectivity index (χ1) is 31.4. The number of fused-ring (bicyclic) bond motifs is 3. The molecule has 22 heteroatoms. The molecule has 0 unspecified atom stereocenters. The first kappa shape index (κ1) is 51.0. The van der Waals surface area contributed by atoms with Gasteiger partial charge < -0.3 is 27.9 Å². The van der Waals surface area contributed by atoms with E-state index in [1.54, 1.807) is 44.7 Å². The summed E-state index contributed by atoms with van der Waals surface area (Å²) in [5.41, 5.74) is 0.812. The molecule has 0 aliphatic carbocycles. The van der Waals surface area contributed by atoms with Crippen LogP contribution in [-0.2, 0) is 68.1 Å². The first-order valence-electron chi connectivity index (χ1n) is 22.6. The van der Waals surface area contributed by atoms with E-state index >= 15 is 0 Å². The molecule has 3 aliphatic heterocycles. The minimum absolute atomic E-state index is 0.146. The van der Waals surface area contributed by atoms with Crippen LogP contribution in [0, 0.1) is 34.0 Å². The van der Waals surface area contributed by atoms with E-state index in [4.69, 9.17) is 25.8 Å². The third-order valence-corrected chi connectivity index (χ3v) is 12.5. The van der Waals surface area contributed by atoms with E-state index in [-0.39, 0.29) is 38.9 Å². The number of alkyl halides is 1. The summed E-state index contributed by atoms with van der Waals surface area (Å²) in [5, 5.41) is 0.